The molecule has 39 heteroatoms. The lowest BCUT2D eigenvalue weighted by atomic mass is 9.88. The number of amides is 1. The first-order valence-electron chi connectivity index (χ1n) is 19.6. The Labute approximate surface area is 405 Å². The number of hydrogen-bond donors (Lipinski definition) is 1. The molecular formula is C36H31F34NO2S2. The Kier molecular flexibility index (Phi) is 20.6. The Morgan fingerprint density at radius 3 is 0.987 bits per heavy atom. The number of hydrogen-bond acceptors (Lipinski definition) is 4. The first kappa shape index (κ1) is 69.8. The third-order valence-electron chi connectivity index (χ3n) is 10.1. The van der Waals surface area contributed by atoms with Crippen LogP contribution in [0.5, 0.6) is 5.75 Å². The quantitative estimate of drug-likeness (QED) is 0.0670. The van der Waals surface area contributed by atoms with Crippen molar-refractivity contribution in [2.45, 2.75) is 159 Å². The average molecular weight is 1220 g/mol. The Balaban J connectivity index is 3.57. The highest BCUT2D eigenvalue weighted by Crippen LogP contribution is 2.66. The van der Waals surface area contributed by atoms with Gasteiger partial charge < -0.3 is 10.1 Å². The van der Waals surface area contributed by atoms with Crippen molar-refractivity contribution >= 4 is 29.6 Å². The van der Waals surface area contributed by atoms with Crippen LogP contribution < -0.4 is 10.1 Å². The van der Waals surface area contributed by atoms with Crippen molar-refractivity contribution in [1.29, 1.82) is 0 Å². The highest BCUT2D eigenvalue weighted by molar-refractivity contribution is 7.98. The fourth-order valence-corrected chi connectivity index (χ4v) is 7.58. The molecule has 1 aromatic carbocycles. The van der Waals surface area contributed by atoms with E-state index in [0.29, 0.717) is 19.3 Å². The molecule has 442 valence electrons. The smallest absolute Gasteiger partial charge is 0.410 e. The monoisotopic (exact) mass is 1220 g/mol. The molecule has 75 heavy (non-hydrogen) atoms. The highest BCUT2D eigenvalue weighted by atomic mass is 32.2. The molecule has 0 heterocycles. The number of ether oxygens (including phenoxy) is 1. The van der Waals surface area contributed by atoms with Gasteiger partial charge in [-0.2, -0.15) is 173 Å². The van der Waals surface area contributed by atoms with Crippen LogP contribution in [0.4, 0.5) is 154 Å². The number of thioether (sulfide) groups is 2. The molecule has 0 radical (unpaired) electrons. The zero-order valence-electron chi connectivity index (χ0n) is 36.4. The van der Waals surface area contributed by atoms with E-state index >= 15 is 0 Å². The van der Waals surface area contributed by atoms with Crippen LogP contribution >= 0.6 is 23.5 Å². The minimum absolute atomic E-state index is 0.186. The number of unbranched alkanes of at least 4 members (excludes halogenated alkanes) is 3. The van der Waals surface area contributed by atoms with E-state index in [1.807, 2.05) is 0 Å². The van der Waals surface area contributed by atoms with Crippen LogP contribution in [0.1, 0.15) is 62.1 Å². The normalized spacial score (nSPS) is 15.4. The van der Waals surface area contributed by atoms with Crippen LogP contribution in [0.15, 0.2) is 12.1 Å². The van der Waals surface area contributed by atoms with E-state index in [9.17, 15) is 154 Å². The average Bonchev–Trinajstić information content (AvgIpc) is 3.23. The standard InChI is InChI=1S/C36H31F34NO2S2/c1-3-4-5-6-9-71-20(72)73-19-17(14-74-10-7-21(37,38)23(41,42)25(45,46)27(49,50)29(53,54)31(57,58)33(61,62)35(65,66)67)12-16(2)13-18(19)15-75-11-8-22(39,40)24(43,44)26(47,48)28(51,52)30(55,56)32(59,60)34(63,64)36(68,69)70/h12-13H,3-11,14-15H2,1-2H3,(H,71,72). The molecule has 1 amide bonds. The number of carbonyl (C=O) groups excluding carboxylic acids is 1. The highest BCUT2D eigenvalue weighted by Gasteiger charge is 2.97. The number of rotatable bonds is 28. The summed E-state index contributed by atoms with van der Waals surface area (Å²) >= 11 is -0.512. The summed E-state index contributed by atoms with van der Waals surface area (Å²) in [7, 11) is 0. The first-order chi connectivity index (χ1) is 32.9. The number of aryl methyl sites for hydroxylation is 1. The molecule has 1 N–H and O–H groups in total. The van der Waals surface area contributed by atoms with Crippen molar-refractivity contribution in [1.82, 2.24) is 5.32 Å². The van der Waals surface area contributed by atoms with Crippen molar-refractivity contribution in [2.75, 3.05) is 18.1 Å². The second-order valence-electron chi connectivity index (χ2n) is 15.7. The molecule has 1 rings (SSSR count). The number of benzene rings is 1. The third-order valence-corrected chi connectivity index (χ3v) is 12.1. The lowest BCUT2D eigenvalue weighted by Gasteiger charge is -2.42. The minimum Gasteiger partial charge on any atom is -0.410 e. The second-order valence-corrected chi connectivity index (χ2v) is 17.9. The molecule has 0 aliphatic rings. The van der Waals surface area contributed by atoms with Crippen LogP contribution in [-0.2, 0) is 11.5 Å². The molecule has 0 saturated heterocycles. The van der Waals surface area contributed by atoms with Crippen molar-refractivity contribution in [3.05, 3.63) is 28.8 Å². The van der Waals surface area contributed by atoms with Crippen LogP contribution in [0, 0.1) is 6.92 Å². The molecule has 0 aliphatic carbocycles. The van der Waals surface area contributed by atoms with Gasteiger partial charge >= 0.3 is 101 Å². The summed E-state index contributed by atoms with van der Waals surface area (Å²) in [6, 6.07) is 1.65. The molecule has 0 atom stereocenters. The van der Waals surface area contributed by atoms with Crippen LogP contribution in [0.3, 0.4) is 0 Å². The van der Waals surface area contributed by atoms with Crippen LogP contribution in [-0.4, -0.2) is 119 Å². The minimum atomic E-state index is -8.91. The SMILES string of the molecule is CCCCCCNC(=O)Oc1c(CSCCC(F)(F)C(F)(F)C(F)(F)C(F)(F)C(F)(F)C(F)(F)C(F)(F)C(F)(F)F)cc(C)cc1CSCCC(F)(F)C(F)(F)C(F)(F)C(F)(F)C(F)(F)C(F)(F)C(F)(F)C(F)(F)F. The summed E-state index contributed by atoms with van der Waals surface area (Å²) in [6.07, 6.45) is -21.6. The van der Waals surface area contributed by atoms with Crippen molar-refractivity contribution in [3.63, 3.8) is 0 Å². The van der Waals surface area contributed by atoms with Crippen molar-refractivity contribution in [2.24, 2.45) is 0 Å². The van der Waals surface area contributed by atoms with E-state index in [1.165, 1.54) is 0 Å². The van der Waals surface area contributed by atoms with Gasteiger partial charge in [0.05, 0.1) is 0 Å². The molecule has 0 spiro atoms. The Bertz CT molecular complexity index is 1960. The Morgan fingerprint density at radius 2 is 0.707 bits per heavy atom. The summed E-state index contributed by atoms with van der Waals surface area (Å²) < 4.78 is 470. The predicted octanol–water partition coefficient (Wildman–Crippen LogP) is 16.9. The molecule has 0 fully saturated rings. The van der Waals surface area contributed by atoms with E-state index in [1.54, 1.807) is 6.92 Å². The number of nitrogens with one attached hydrogen (secondary N) is 1. The molecular weight excluding hydrogens is 1190 g/mol. The summed E-state index contributed by atoms with van der Waals surface area (Å²) in [5.41, 5.74) is -1.43. The first-order valence-corrected chi connectivity index (χ1v) is 21.9. The van der Waals surface area contributed by atoms with Gasteiger partial charge in [0.1, 0.15) is 5.75 Å². The topological polar surface area (TPSA) is 38.3 Å². The van der Waals surface area contributed by atoms with Gasteiger partial charge in [-0.15, -0.1) is 0 Å². The lowest BCUT2D eigenvalue weighted by Crippen LogP contribution is -2.74. The van der Waals surface area contributed by atoms with Gasteiger partial charge in [0.2, 0.25) is 0 Å². The van der Waals surface area contributed by atoms with Gasteiger partial charge in [-0.25, -0.2) is 4.79 Å². The maximum absolute atomic E-state index is 14.5. The van der Waals surface area contributed by atoms with Gasteiger partial charge in [0.25, 0.3) is 0 Å². The van der Waals surface area contributed by atoms with Crippen LogP contribution in [0.25, 0.3) is 0 Å². The Morgan fingerprint density at radius 1 is 0.427 bits per heavy atom. The zero-order chi connectivity index (χ0) is 59.9. The molecule has 3 nitrogen and oxygen atoms in total. The van der Waals surface area contributed by atoms with E-state index in [2.05, 4.69) is 5.32 Å². The molecule has 0 aromatic heterocycles. The summed E-state index contributed by atoms with van der Waals surface area (Å²) in [5, 5.41) is 2.09. The fourth-order valence-electron chi connectivity index (χ4n) is 5.62. The molecule has 0 saturated carbocycles. The van der Waals surface area contributed by atoms with Gasteiger partial charge in [0.15, 0.2) is 0 Å². The van der Waals surface area contributed by atoms with Gasteiger partial charge in [-0.3, -0.25) is 0 Å². The maximum Gasteiger partial charge on any atom is 0.460 e. The van der Waals surface area contributed by atoms with Crippen molar-refractivity contribution in [3.8, 4) is 5.75 Å². The summed E-state index contributed by atoms with van der Waals surface area (Å²) in [4.78, 5) is 12.6. The number of carbonyl (C=O) groups is 1. The van der Waals surface area contributed by atoms with E-state index in [0.717, 1.165) is 19.1 Å². The molecule has 1 aromatic rings. The predicted molar refractivity (Wildman–Crippen MR) is 192 cm³/mol. The van der Waals surface area contributed by atoms with Crippen LogP contribution in [0.2, 0.25) is 0 Å². The summed E-state index contributed by atoms with van der Waals surface area (Å²) in [5.74, 6) is -124. The van der Waals surface area contributed by atoms with E-state index < -0.39 is 154 Å². The Hall–Kier alpha value is -3.19. The molecule has 0 unspecified atom stereocenters. The lowest BCUT2D eigenvalue weighted by molar-refractivity contribution is -0.461. The summed E-state index contributed by atoms with van der Waals surface area (Å²) in [6.45, 7) is 2.49. The van der Waals surface area contributed by atoms with Crippen molar-refractivity contribution < 1.29 is 159 Å². The van der Waals surface area contributed by atoms with Gasteiger partial charge in [-0.05, 0) is 24.9 Å². The van der Waals surface area contributed by atoms with Gasteiger partial charge in [0, 0.05) is 42.0 Å². The third kappa shape index (κ3) is 12.2. The van der Waals surface area contributed by atoms with E-state index in [-0.39, 0.29) is 42.1 Å². The molecule has 0 aliphatic heterocycles. The second kappa shape index (κ2) is 22.2. The zero-order valence-corrected chi connectivity index (χ0v) is 38.0. The van der Waals surface area contributed by atoms with E-state index in [4.69, 9.17) is 4.74 Å². The fraction of sp³-hybridized carbons (Fsp3) is 0.806. The maximum atomic E-state index is 14.5. The van der Waals surface area contributed by atoms with Gasteiger partial charge in [-0.1, -0.05) is 43.9 Å². The number of halogens is 34. The largest absolute Gasteiger partial charge is 0.460 e. The molecule has 0 bridgehead atoms. The number of alkyl halides is 34.